The Hall–Kier alpha value is -2.48. The van der Waals surface area contributed by atoms with Gasteiger partial charge in [0.2, 0.25) is 10.0 Å². The normalized spacial score (nSPS) is 19.3. The van der Waals surface area contributed by atoms with Crippen LogP contribution in [0.5, 0.6) is 0 Å². The molecule has 0 radical (unpaired) electrons. The fourth-order valence-corrected chi connectivity index (χ4v) is 7.56. The van der Waals surface area contributed by atoms with Crippen LogP contribution in [0.4, 0.5) is 10.5 Å². The third kappa shape index (κ3) is 6.11. The van der Waals surface area contributed by atoms with E-state index in [4.69, 9.17) is 16.7 Å². The molecule has 13 heteroatoms. The van der Waals surface area contributed by atoms with Crippen molar-refractivity contribution in [2.75, 3.05) is 37.3 Å². The van der Waals surface area contributed by atoms with Crippen LogP contribution in [0, 0.1) is 0 Å². The molecule has 0 aliphatic carbocycles. The highest BCUT2D eigenvalue weighted by molar-refractivity contribution is 9.10. The number of nitrogens with one attached hydrogen (secondary N) is 1. The standard InChI is InChI=1S/C29H34BrClN6O4S/c1-42(40,41)35-13-10-27-25(18-35)28(19-2-4-21(30)5-3-19)33-36(27)17-24(38)16-34-11-8-23(9-12-34)37-26-7-6-22(31)14-20(26)15-32-29(37)39/h2-7,14,23-24,38H,8-13,15-18H2,1H3,(H,32,39). The van der Waals surface area contributed by atoms with E-state index in [0.29, 0.717) is 37.6 Å². The van der Waals surface area contributed by atoms with E-state index in [-0.39, 0.29) is 18.6 Å². The third-order valence-electron chi connectivity index (χ3n) is 8.41. The predicted molar refractivity (Wildman–Crippen MR) is 166 cm³/mol. The van der Waals surface area contributed by atoms with E-state index in [1.165, 1.54) is 10.6 Å². The first-order valence-corrected chi connectivity index (χ1v) is 17.1. The third-order valence-corrected chi connectivity index (χ3v) is 10.4. The zero-order valence-electron chi connectivity index (χ0n) is 23.3. The van der Waals surface area contributed by atoms with Gasteiger partial charge in [0.25, 0.3) is 0 Å². The number of carbonyl (C=O) groups excluding carboxylic acids is 1. The lowest BCUT2D eigenvalue weighted by molar-refractivity contribution is 0.0814. The first-order valence-electron chi connectivity index (χ1n) is 14.1. The molecule has 3 aliphatic rings. The summed E-state index contributed by atoms with van der Waals surface area (Å²) in [5, 5.41) is 19.7. The van der Waals surface area contributed by atoms with E-state index in [9.17, 15) is 18.3 Å². The Kier molecular flexibility index (Phi) is 8.38. The summed E-state index contributed by atoms with van der Waals surface area (Å²) in [5.41, 5.74) is 5.46. The number of likely N-dealkylation sites (tertiary alicyclic amines) is 1. The molecule has 6 rings (SSSR count). The Morgan fingerprint density at radius 1 is 1.12 bits per heavy atom. The molecule has 1 saturated heterocycles. The average molecular weight is 678 g/mol. The van der Waals surface area contributed by atoms with Gasteiger partial charge >= 0.3 is 6.03 Å². The topological polar surface area (TPSA) is 111 Å². The van der Waals surface area contributed by atoms with Gasteiger partial charge in [0.05, 0.1) is 30.3 Å². The molecule has 10 nitrogen and oxygen atoms in total. The monoisotopic (exact) mass is 676 g/mol. The molecule has 42 heavy (non-hydrogen) atoms. The van der Waals surface area contributed by atoms with Gasteiger partial charge in [0.15, 0.2) is 0 Å². The number of nitrogens with zero attached hydrogens (tertiary/aromatic N) is 5. The Balaban J connectivity index is 1.13. The molecule has 0 spiro atoms. The Labute approximate surface area is 259 Å². The quantitative estimate of drug-likeness (QED) is 0.394. The smallest absolute Gasteiger partial charge is 0.322 e. The number of sulfonamides is 1. The molecule has 3 aliphatic heterocycles. The summed E-state index contributed by atoms with van der Waals surface area (Å²) < 4.78 is 29.0. The lowest BCUT2D eigenvalue weighted by atomic mass is 9.99. The number of β-amino-alcohol motifs (C(OH)–C–C–N with tert-alkyl or cyclic N) is 1. The molecule has 3 aromatic rings. The number of urea groups is 1. The van der Waals surface area contributed by atoms with Gasteiger partial charge in [-0.15, -0.1) is 0 Å². The Morgan fingerprint density at radius 2 is 1.86 bits per heavy atom. The number of anilines is 1. The summed E-state index contributed by atoms with van der Waals surface area (Å²) in [6, 6.07) is 13.5. The van der Waals surface area contributed by atoms with E-state index in [2.05, 4.69) is 26.1 Å². The summed E-state index contributed by atoms with van der Waals surface area (Å²) in [4.78, 5) is 16.9. The first kappa shape index (κ1) is 29.6. The van der Waals surface area contributed by atoms with Crippen LogP contribution in [-0.2, 0) is 36.1 Å². The maximum Gasteiger partial charge on any atom is 0.322 e. The highest BCUT2D eigenvalue weighted by atomic mass is 79.9. The van der Waals surface area contributed by atoms with Gasteiger partial charge in [-0.2, -0.15) is 9.40 Å². The van der Waals surface area contributed by atoms with Crippen molar-refractivity contribution < 1.29 is 18.3 Å². The molecular formula is C29H34BrClN6O4S. The number of aliphatic hydroxyl groups is 1. The van der Waals surface area contributed by atoms with Gasteiger partial charge in [0, 0.05) is 78.0 Å². The van der Waals surface area contributed by atoms with Gasteiger partial charge in [-0.25, -0.2) is 13.2 Å². The second-order valence-corrected chi connectivity index (χ2v) is 14.6. The van der Waals surface area contributed by atoms with Crippen molar-refractivity contribution in [3.8, 4) is 11.3 Å². The van der Waals surface area contributed by atoms with Crippen LogP contribution in [-0.4, -0.2) is 83.1 Å². The number of benzene rings is 2. The zero-order chi connectivity index (χ0) is 29.6. The molecule has 4 heterocycles. The Morgan fingerprint density at radius 3 is 2.57 bits per heavy atom. The highest BCUT2D eigenvalue weighted by Gasteiger charge is 2.34. The van der Waals surface area contributed by atoms with Gasteiger partial charge in [-0.3, -0.25) is 9.58 Å². The number of piperidine rings is 1. The lowest BCUT2D eigenvalue weighted by Gasteiger charge is -2.41. The van der Waals surface area contributed by atoms with Crippen molar-refractivity contribution in [3.63, 3.8) is 0 Å². The predicted octanol–water partition coefficient (Wildman–Crippen LogP) is 3.84. The van der Waals surface area contributed by atoms with Crippen LogP contribution in [0.2, 0.25) is 5.02 Å². The van der Waals surface area contributed by atoms with Crippen LogP contribution in [0.3, 0.4) is 0 Å². The maximum atomic E-state index is 12.8. The molecule has 2 N–H and O–H groups in total. The van der Waals surface area contributed by atoms with E-state index < -0.39 is 16.1 Å². The number of rotatable bonds is 7. The minimum Gasteiger partial charge on any atom is -0.390 e. The number of aromatic nitrogens is 2. The summed E-state index contributed by atoms with van der Waals surface area (Å²) in [6.07, 6.45) is 2.72. The number of fused-ring (bicyclic) bond motifs is 2. The zero-order valence-corrected chi connectivity index (χ0v) is 26.5. The first-order chi connectivity index (χ1) is 20.1. The largest absolute Gasteiger partial charge is 0.390 e. The summed E-state index contributed by atoms with van der Waals surface area (Å²) in [7, 11) is -3.34. The molecule has 0 bridgehead atoms. The second-order valence-electron chi connectivity index (χ2n) is 11.3. The molecule has 1 aromatic heterocycles. The highest BCUT2D eigenvalue weighted by Crippen LogP contribution is 2.33. The number of carbonyl (C=O) groups is 1. The fraction of sp³-hybridized carbons (Fsp3) is 0.448. The van der Waals surface area contributed by atoms with E-state index in [1.54, 1.807) is 0 Å². The van der Waals surface area contributed by atoms with Crippen molar-refractivity contribution >= 4 is 49.3 Å². The number of hydrogen-bond acceptors (Lipinski definition) is 6. The van der Waals surface area contributed by atoms with Crippen LogP contribution in [0.15, 0.2) is 46.9 Å². The molecule has 224 valence electrons. The van der Waals surface area contributed by atoms with Crippen LogP contribution >= 0.6 is 27.5 Å². The summed E-state index contributed by atoms with van der Waals surface area (Å²) in [6.45, 7) is 3.47. The van der Waals surface area contributed by atoms with E-state index in [0.717, 1.165) is 64.2 Å². The fourth-order valence-electron chi connectivity index (χ4n) is 6.31. The van der Waals surface area contributed by atoms with E-state index in [1.807, 2.05) is 52.0 Å². The molecule has 1 fully saturated rings. The van der Waals surface area contributed by atoms with Crippen LogP contribution in [0.25, 0.3) is 11.3 Å². The number of halogens is 2. The van der Waals surface area contributed by atoms with Crippen LogP contribution in [0.1, 0.15) is 29.7 Å². The van der Waals surface area contributed by atoms with Crippen molar-refractivity contribution in [3.05, 3.63) is 68.8 Å². The number of aliphatic hydroxyl groups excluding tert-OH is 1. The Bertz CT molecular complexity index is 1590. The summed E-state index contributed by atoms with van der Waals surface area (Å²) in [5.74, 6) is 0. The van der Waals surface area contributed by atoms with Crippen molar-refractivity contribution in [2.45, 2.75) is 51.0 Å². The minimum atomic E-state index is -3.34. The SMILES string of the molecule is CS(=O)(=O)N1CCc2c(c(-c3ccc(Br)cc3)nn2CC(O)CN2CCC(N3C(=O)NCc4cc(Cl)ccc43)CC2)C1. The summed E-state index contributed by atoms with van der Waals surface area (Å²) >= 11 is 9.65. The van der Waals surface area contributed by atoms with Gasteiger partial charge < -0.3 is 15.3 Å². The van der Waals surface area contributed by atoms with Crippen molar-refractivity contribution in [1.29, 1.82) is 0 Å². The van der Waals surface area contributed by atoms with Gasteiger partial charge in [-0.1, -0.05) is 39.7 Å². The number of hydrogen-bond donors (Lipinski definition) is 2. The van der Waals surface area contributed by atoms with Gasteiger partial charge in [0.1, 0.15) is 0 Å². The van der Waals surface area contributed by atoms with Crippen molar-refractivity contribution in [1.82, 2.24) is 24.3 Å². The van der Waals surface area contributed by atoms with Gasteiger partial charge in [-0.05, 0) is 48.7 Å². The van der Waals surface area contributed by atoms with Crippen molar-refractivity contribution in [2.24, 2.45) is 0 Å². The minimum absolute atomic E-state index is 0.0722. The molecule has 2 amide bonds. The lowest BCUT2D eigenvalue weighted by Crippen LogP contribution is -2.54. The number of amides is 2. The molecular weight excluding hydrogens is 644 g/mol. The molecule has 1 atom stereocenters. The van der Waals surface area contributed by atoms with E-state index >= 15 is 0 Å². The molecule has 1 unspecified atom stereocenters. The van der Waals surface area contributed by atoms with Crippen LogP contribution < -0.4 is 10.2 Å². The average Bonchev–Trinajstić information content (AvgIpc) is 3.31. The maximum absolute atomic E-state index is 12.8. The second kappa shape index (κ2) is 11.9. The molecule has 0 saturated carbocycles. The molecule has 2 aromatic carbocycles.